The number of amides is 1. The lowest BCUT2D eigenvalue weighted by molar-refractivity contribution is -0.175. The number of halogens is 1. The van der Waals surface area contributed by atoms with Crippen LogP contribution in [0.25, 0.3) is 0 Å². The molecular formula is C17H22BrNO4. The predicted molar refractivity (Wildman–Crippen MR) is 90.0 cm³/mol. The highest BCUT2D eigenvalue weighted by Gasteiger charge is 2.32. The Morgan fingerprint density at radius 2 is 2.04 bits per heavy atom. The first-order chi connectivity index (χ1) is 10.8. The average Bonchev–Trinajstić information content (AvgIpc) is 2.48. The van der Waals surface area contributed by atoms with Gasteiger partial charge in [0.2, 0.25) is 5.91 Å². The monoisotopic (exact) mass is 383 g/mol. The molecule has 1 unspecified atom stereocenters. The first-order valence-corrected chi connectivity index (χ1v) is 8.41. The van der Waals surface area contributed by atoms with Crippen molar-refractivity contribution in [1.82, 2.24) is 4.90 Å². The molecule has 2 rings (SSSR count). The molecule has 0 N–H and O–H groups in total. The van der Waals surface area contributed by atoms with Crippen molar-refractivity contribution < 1.29 is 19.1 Å². The van der Waals surface area contributed by atoms with Crippen LogP contribution in [0.2, 0.25) is 0 Å². The molecule has 0 spiro atoms. The minimum Gasteiger partial charge on any atom is -0.458 e. The van der Waals surface area contributed by atoms with E-state index < -0.39 is 17.7 Å². The Morgan fingerprint density at radius 1 is 1.35 bits per heavy atom. The van der Waals surface area contributed by atoms with Gasteiger partial charge in [-0.25, -0.2) is 4.79 Å². The van der Waals surface area contributed by atoms with Crippen molar-refractivity contribution >= 4 is 27.8 Å². The fourth-order valence-electron chi connectivity index (χ4n) is 2.30. The highest BCUT2D eigenvalue weighted by atomic mass is 79.9. The SMILES string of the molecule is CC(C)(C)OC(=O)C1CN(C(=O)Cc2ccccc2Br)CCO1. The summed E-state index contributed by atoms with van der Waals surface area (Å²) < 4.78 is 11.7. The normalized spacial score (nSPS) is 18.6. The van der Waals surface area contributed by atoms with E-state index in [1.807, 2.05) is 45.0 Å². The minimum atomic E-state index is -0.717. The van der Waals surface area contributed by atoms with Crippen LogP contribution in [0, 0.1) is 0 Å². The maximum atomic E-state index is 12.5. The van der Waals surface area contributed by atoms with E-state index in [-0.39, 0.29) is 12.5 Å². The van der Waals surface area contributed by atoms with Crippen molar-refractivity contribution in [1.29, 1.82) is 0 Å². The third-order valence-electron chi connectivity index (χ3n) is 3.39. The summed E-state index contributed by atoms with van der Waals surface area (Å²) in [6, 6.07) is 7.63. The second-order valence-electron chi connectivity index (χ2n) is 6.50. The highest BCUT2D eigenvalue weighted by Crippen LogP contribution is 2.18. The van der Waals surface area contributed by atoms with Crippen molar-refractivity contribution in [2.24, 2.45) is 0 Å². The fraction of sp³-hybridized carbons (Fsp3) is 0.529. The van der Waals surface area contributed by atoms with Crippen molar-refractivity contribution in [2.75, 3.05) is 19.7 Å². The first kappa shape index (κ1) is 17.9. The van der Waals surface area contributed by atoms with E-state index in [2.05, 4.69) is 15.9 Å². The fourth-order valence-corrected chi connectivity index (χ4v) is 2.73. The largest absolute Gasteiger partial charge is 0.458 e. The molecule has 1 saturated heterocycles. The summed E-state index contributed by atoms with van der Waals surface area (Å²) in [5.41, 5.74) is 0.361. The predicted octanol–water partition coefficient (Wildman–Crippen LogP) is 2.56. The third-order valence-corrected chi connectivity index (χ3v) is 4.16. The molecular weight excluding hydrogens is 362 g/mol. The molecule has 1 aliphatic rings. The van der Waals surface area contributed by atoms with Gasteiger partial charge in [0.05, 0.1) is 19.6 Å². The summed E-state index contributed by atoms with van der Waals surface area (Å²) in [6.45, 7) is 6.49. The van der Waals surface area contributed by atoms with Crippen LogP contribution < -0.4 is 0 Å². The topological polar surface area (TPSA) is 55.8 Å². The van der Waals surface area contributed by atoms with Crippen molar-refractivity contribution in [3.05, 3.63) is 34.3 Å². The molecule has 6 heteroatoms. The molecule has 1 aromatic rings. The van der Waals surface area contributed by atoms with Crippen LogP contribution >= 0.6 is 15.9 Å². The van der Waals surface area contributed by atoms with Crippen LogP contribution in [0.3, 0.4) is 0 Å². The number of hydrogen-bond acceptors (Lipinski definition) is 4. The number of ether oxygens (including phenoxy) is 2. The second-order valence-corrected chi connectivity index (χ2v) is 7.36. The number of hydrogen-bond donors (Lipinski definition) is 0. The molecule has 1 aromatic carbocycles. The van der Waals surface area contributed by atoms with Gasteiger partial charge in [-0.05, 0) is 32.4 Å². The van der Waals surface area contributed by atoms with Gasteiger partial charge in [0.1, 0.15) is 5.60 Å². The van der Waals surface area contributed by atoms with E-state index in [4.69, 9.17) is 9.47 Å². The van der Waals surface area contributed by atoms with Crippen LogP contribution in [0.15, 0.2) is 28.7 Å². The van der Waals surface area contributed by atoms with E-state index in [1.54, 1.807) is 4.90 Å². The van der Waals surface area contributed by atoms with Gasteiger partial charge in [0.25, 0.3) is 0 Å². The summed E-state index contributed by atoms with van der Waals surface area (Å²) in [5, 5.41) is 0. The van der Waals surface area contributed by atoms with Gasteiger partial charge in [0, 0.05) is 11.0 Å². The first-order valence-electron chi connectivity index (χ1n) is 7.62. The number of benzene rings is 1. The zero-order chi connectivity index (χ0) is 17.0. The average molecular weight is 384 g/mol. The molecule has 1 amide bonds. The standard InChI is InChI=1S/C17H22BrNO4/c1-17(2,3)23-16(21)14-11-19(8-9-22-14)15(20)10-12-6-4-5-7-13(12)18/h4-7,14H,8-11H2,1-3H3. The van der Waals surface area contributed by atoms with Gasteiger partial charge in [-0.2, -0.15) is 0 Å². The summed E-state index contributed by atoms with van der Waals surface area (Å²) in [7, 11) is 0. The lowest BCUT2D eigenvalue weighted by Crippen LogP contribution is -2.50. The van der Waals surface area contributed by atoms with Crippen molar-refractivity contribution in [2.45, 2.75) is 38.9 Å². The van der Waals surface area contributed by atoms with E-state index in [0.29, 0.717) is 19.6 Å². The smallest absolute Gasteiger partial charge is 0.337 e. The maximum absolute atomic E-state index is 12.5. The molecule has 0 saturated carbocycles. The van der Waals surface area contributed by atoms with Gasteiger partial charge < -0.3 is 14.4 Å². The molecule has 1 atom stereocenters. The number of carbonyl (C=O) groups is 2. The maximum Gasteiger partial charge on any atom is 0.337 e. The molecule has 5 nitrogen and oxygen atoms in total. The Hall–Kier alpha value is -1.40. The lowest BCUT2D eigenvalue weighted by Gasteiger charge is -2.33. The molecule has 0 radical (unpaired) electrons. The number of esters is 1. The van der Waals surface area contributed by atoms with E-state index >= 15 is 0 Å². The quantitative estimate of drug-likeness (QED) is 0.752. The van der Waals surface area contributed by atoms with Crippen LogP contribution in [0.4, 0.5) is 0 Å². The van der Waals surface area contributed by atoms with Crippen molar-refractivity contribution in [3.8, 4) is 0 Å². The van der Waals surface area contributed by atoms with E-state index in [9.17, 15) is 9.59 Å². The summed E-state index contributed by atoms with van der Waals surface area (Å²) in [4.78, 5) is 26.2. The minimum absolute atomic E-state index is 0.0197. The zero-order valence-corrected chi connectivity index (χ0v) is 15.3. The summed E-state index contributed by atoms with van der Waals surface area (Å²) in [5.74, 6) is -0.440. The van der Waals surface area contributed by atoms with Gasteiger partial charge in [0.15, 0.2) is 6.10 Å². The molecule has 126 valence electrons. The summed E-state index contributed by atoms with van der Waals surface area (Å²) in [6.07, 6.45) is -0.422. The molecule has 0 aromatic heterocycles. The summed E-state index contributed by atoms with van der Waals surface area (Å²) >= 11 is 3.45. The lowest BCUT2D eigenvalue weighted by atomic mass is 10.1. The Kier molecular flexibility index (Phi) is 5.81. The Bertz CT molecular complexity index is 582. The highest BCUT2D eigenvalue weighted by molar-refractivity contribution is 9.10. The van der Waals surface area contributed by atoms with Crippen LogP contribution in [0.5, 0.6) is 0 Å². The molecule has 0 bridgehead atoms. The Balaban J connectivity index is 1.96. The van der Waals surface area contributed by atoms with Crippen molar-refractivity contribution in [3.63, 3.8) is 0 Å². The van der Waals surface area contributed by atoms with Gasteiger partial charge >= 0.3 is 5.97 Å². The van der Waals surface area contributed by atoms with Crippen LogP contribution in [-0.4, -0.2) is 48.2 Å². The third kappa shape index (κ3) is 5.32. The molecule has 23 heavy (non-hydrogen) atoms. The second kappa shape index (κ2) is 7.45. The Morgan fingerprint density at radius 3 is 2.70 bits per heavy atom. The molecule has 1 fully saturated rings. The Labute approximate surface area is 145 Å². The molecule has 1 heterocycles. The number of morpholine rings is 1. The van der Waals surface area contributed by atoms with E-state index in [0.717, 1.165) is 10.0 Å². The number of nitrogens with zero attached hydrogens (tertiary/aromatic N) is 1. The van der Waals surface area contributed by atoms with Crippen LogP contribution in [-0.2, 0) is 25.5 Å². The van der Waals surface area contributed by atoms with Crippen LogP contribution in [0.1, 0.15) is 26.3 Å². The zero-order valence-electron chi connectivity index (χ0n) is 13.7. The van der Waals surface area contributed by atoms with Gasteiger partial charge in [-0.15, -0.1) is 0 Å². The molecule has 0 aliphatic carbocycles. The number of rotatable bonds is 3. The number of carbonyl (C=O) groups excluding carboxylic acids is 2. The molecule has 1 aliphatic heterocycles. The van der Waals surface area contributed by atoms with Gasteiger partial charge in [-0.1, -0.05) is 34.1 Å². The van der Waals surface area contributed by atoms with Gasteiger partial charge in [-0.3, -0.25) is 4.79 Å². The van der Waals surface area contributed by atoms with E-state index in [1.165, 1.54) is 0 Å².